The molecule has 2 rings (SSSR count). The molecule has 122 valence electrons. The molecule has 23 heavy (non-hydrogen) atoms. The Kier molecular flexibility index (Phi) is 6.92. The van der Waals surface area contributed by atoms with E-state index >= 15 is 0 Å². The maximum Gasteiger partial charge on any atom is 0.165 e. The lowest BCUT2D eigenvalue weighted by atomic mass is 10.1. The second kappa shape index (κ2) is 8.93. The molecule has 0 unspecified atom stereocenters. The zero-order valence-corrected chi connectivity index (χ0v) is 15.4. The van der Waals surface area contributed by atoms with Crippen molar-refractivity contribution in [1.29, 1.82) is 0 Å². The summed E-state index contributed by atoms with van der Waals surface area (Å²) in [5.74, 6) is 1.39. The average molecular weight is 424 g/mol. The van der Waals surface area contributed by atoms with Crippen molar-refractivity contribution < 1.29 is 14.6 Å². The van der Waals surface area contributed by atoms with E-state index < -0.39 is 0 Å². The van der Waals surface area contributed by atoms with Crippen LogP contribution in [0.3, 0.4) is 0 Å². The van der Waals surface area contributed by atoms with Crippen molar-refractivity contribution in [2.45, 2.75) is 26.6 Å². The molecular weight excluding hydrogens is 403 g/mol. The van der Waals surface area contributed by atoms with E-state index in [2.05, 4.69) is 53.4 Å². The topological polar surface area (TPSA) is 38.7 Å². The van der Waals surface area contributed by atoms with E-state index in [1.165, 1.54) is 3.57 Å². The highest BCUT2D eigenvalue weighted by Crippen LogP contribution is 2.34. The summed E-state index contributed by atoms with van der Waals surface area (Å²) >= 11 is 2.28. The highest BCUT2D eigenvalue weighted by molar-refractivity contribution is 14.1. The highest BCUT2D eigenvalue weighted by atomic mass is 127. The Hall–Kier alpha value is -1.53. The van der Waals surface area contributed by atoms with Gasteiger partial charge in [0.1, 0.15) is 6.61 Å². The Balaban J connectivity index is 2.29. The minimum absolute atomic E-state index is 0.0262. The summed E-state index contributed by atoms with van der Waals surface area (Å²) in [6.07, 6.45) is 2.49. The van der Waals surface area contributed by atoms with Gasteiger partial charge >= 0.3 is 0 Å². The Morgan fingerprint density at radius 2 is 1.87 bits per heavy atom. The van der Waals surface area contributed by atoms with Crippen LogP contribution in [-0.4, -0.2) is 11.7 Å². The van der Waals surface area contributed by atoms with Crippen LogP contribution in [0.15, 0.2) is 49.1 Å². The van der Waals surface area contributed by atoms with Crippen LogP contribution in [0.1, 0.15) is 23.6 Å². The molecule has 0 fully saturated rings. The number of hydrogen-bond acceptors (Lipinski definition) is 3. The fraction of sp³-hybridized carbons (Fsp3) is 0.263. The van der Waals surface area contributed by atoms with Crippen LogP contribution in [-0.2, 0) is 19.6 Å². The Bertz CT molecular complexity index is 650. The average Bonchev–Trinajstić information content (AvgIpc) is 2.56. The molecule has 4 heteroatoms. The normalized spacial score (nSPS) is 10.4. The largest absolute Gasteiger partial charge is 0.490 e. The van der Waals surface area contributed by atoms with E-state index in [4.69, 9.17) is 9.47 Å². The van der Waals surface area contributed by atoms with Gasteiger partial charge < -0.3 is 14.6 Å². The molecule has 0 heterocycles. The second-order valence-corrected chi connectivity index (χ2v) is 6.33. The smallest absolute Gasteiger partial charge is 0.165 e. The van der Waals surface area contributed by atoms with Gasteiger partial charge in [-0.15, -0.1) is 6.58 Å². The Labute approximate surface area is 151 Å². The van der Waals surface area contributed by atoms with Crippen molar-refractivity contribution in [3.05, 3.63) is 69.3 Å². The van der Waals surface area contributed by atoms with Gasteiger partial charge in [-0.05, 0) is 71.3 Å². The van der Waals surface area contributed by atoms with E-state index in [1.54, 1.807) is 0 Å². The van der Waals surface area contributed by atoms with Crippen LogP contribution < -0.4 is 9.47 Å². The monoisotopic (exact) mass is 424 g/mol. The zero-order valence-electron chi connectivity index (χ0n) is 13.2. The SMILES string of the molecule is C=CCc1cc(CO)cc(OCC)c1OCc1ccc(I)cc1. The summed E-state index contributed by atoms with van der Waals surface area (Å²) in [4.78, 5) is 0. The summed E-state index contributed by atoms with van der Waals surface area (Å²) in [5, 5.41) is 9.42. The van der Waals surface area contributed by atoms with Crippen molar-refractivity contribution in [2.75, 3.05) is 6.61 Å². The maximum absolute atomic E-state index is 9.42. The first-order chi connectivity index (χ1) is 11.2. The van der Waals surface area contributed by atoms with Crippen molar-refractivity contribution in [3.8, 4) is 11.5 Å². The number of aliphatic hydroxyl groups is 1. The van der Waals surface area contributed by atoms with E-state index in [1.807, 2.05) is 25.1 Å². The molecule has 2 aromatic rings. The second-order valence-electron chi connectivity index (χ2n) is 5.08. The third-order valence-corrected chi connectivity index (χ3v) is 4.05. The molecule has 0 spiro atoms. The number of rotatable bonds is 8. The molecule has 0 saturated heterocycles. The van der Waals surface area contributed by atoms with Crippen LogP contribution in [0.5, 0.6) is 11.5 Å². The van der Waals surface area contributed by atoms with Gasteiger partial charge in [-0.2, -0.15) is 0 Å². The maximum atomic E-state index is 9.42. The van der Waals surface area contributed by atoms with Crippen LogP contribution in [0.2, 0.25) is 0 Å². The molecule has 0 aliphatic carbocycles. The molecule has 0 amide bonds. The molecule has 0 saturated carbocycles. The summed E-state index contributed by atoms with van der Waals surface area (Å²) < 4.78 is 12.9. The standard InChI is InChI=1S/C19H21IO3/c1-3-5-16-10-15(12-21)11-18(22-4-2)19(16)23-13-14-6-8-17(20)9-7-14/h3,6-11,21H,1,4-5,12-13H2,2H3. The first-order valence-corrected chi connectivity index (χ1v) is 8.63. The Morgan fingerprint density at radius 3 is 2.48 bits per heavy atom. The number of ether oxygens (including phenoxy) is 2. The van der Waals surface area contributed by atoms with Gasteiger partial charge in [-0.25, -0.2) is 0 Å². The first-order valence-electron chi connectivity index (χ1n) is 7.55. The van der Waals surface area contributed by atoms with Gasteiger partial charge in [-0.3, -0.25) is 0 Å². The zero-order chi connectivity index (χ0) is 16.7. The van der Waals surface area contributed by atoms with Crippen molar-refractivity contribution in [2.24, 2.45) is 0 Å². The van der Waals surface area contributed by atoms with Gasteiger partial charge in [0, 0.05) is 9.13 Å². The molecule has 0 radical (unpaired) electrons. The molecule has 0 bridgehead atoms. The minimum atomic E-state index is -0.0262. The number of halogens is 1. The van der Waals surface area contributed by atoms with Crippen molar-refractivity contribution in [1.82, 2.24) is 0 Å². The molecule has 0 atom stereocenters. The van der Waals surface area contributed by atoms with Crippen molar-refractivity contribution >= 4 is 22.6 Å². The van der Waals surface area contributed by atoms with Crippen LogP contribution in [0.4, 0.5) is 0 Å². The molecule has 0 aliphatic heterocycles. The summed E-state index contributed by atoms with van der Waals surface area (Å²) in [7, 11) is 0. The quantitative estimate of drug-likeness (QED) is 0.502. The number of aliphatic hydroxyl groups excluding tert-OH is 1. The van der Waals surface area contributed by atoms with Gasteiger partial charge in [0.25, 0.3) is 0 Å². The predicted octanol–water partition coefficient (Wildman–Crippen LogP) is 4.49. The summed E-state index contributed by atoms with van der Waals surface area (Å²) in [6.45, 7) is 6.72. The lowest BCUT2D eigenvalue weighted by Crippen LogP contribution is -2.04. The molecular formula is C19H21IO3. The molecule has 2 aromatic carbocycles. The van der Waals surface area contributed by atoms with E-state index in [0.717, 1.165) is 22.4 Å². The molecule has 0 aliphatic rings. The van der Waals surface area contributed by atoms with Gasteiger partial charge in [0.05, 0.1) is 13.2 Å². The number of benzene rings is 2. The fourth-order valence-corrected chi connectivity index (χ4v) is 2.64. The summed E-state index contributed by atoms with van der Waals surface area (Å²) in [6, 6.07) is 12.0. The minimum Gasteiger partial charge on any atom is -0.490 e. The Morgan fingerprint density at radius 1 is 1.13 bits per heavy atom. The molecule has 0 aromatic heterocycles. The van der Waals surface area contributed by atoms with E-state index in [9.17, 15) is 5.11 Å². The highest BCUT2D eigenvalue weighted by Gasteiger charge is 2.13. The van der Waals surface area contributed by atoms with Gasteiger partial charge in [0.2, 0.25) is 0 Å². The lowest BCUT2D eigenvalue weighted by molar-refractivity contribution is 0.261. The van der Waals surface area contributed by atoms with Crippen LogP contribution in [0.25, 0.3) is 0 Å². The van der Waals surface area contributed by atoms with Gasteiger partial charge in [-0.1, -0.05) is 18.2 Å². The first kappa shape index (κ1) is 17.8. The predicted molar refractivity (Wildman–Crippen MR) is 101 cm³/mol. The third-order valence-electron chi connectivity index (χ3n) is 3.33. The van der Waals surface area contributed by atoms with Crippen molar-refractivity contribution in [3.63, 3.8) is 0 Å². The van der Waals surface area contributed by atoms with E-state index in [-0.39, 0.29) is 6.61 Å². The molecule has 1 N–H and O–H groups in total. The van der Waals surface area contributed by atoms with Crippen LogP contribution >= 0.6 is 22.6 Å². The van der Waals surface area contributed by atoms with Crippen LogP contribution in [0, 0.1) is 3.57 Å². The third kappa shape index (κ3) is 4.97. The van der Waals surface area contributed by atoms with E-state index in [0.29, 0.717) is 25.4 Å². The number of hydrogen-bond donors (Lipinski definition) is 1. The fourth-order valence-electron chi connectivity index (χ4n) is 2.28. The summed E-state index contributed by atoms with van der Waals surface area (Å²) in [5.41, 5.74) is 2.89. The molecule has 3 nitrogen and oxygen atoms in total. The lowest BCUT2D eigenvalue weighted by Gasteiger charge is -2.17. The number of allylic oxidation sites excluding steroid dienone is 1. The van der Waals surface area contributed by atoms with Gasteiger partial charge in [0.15, 0.2) is 11.5 Å².